The SMILES string of the molecule is Cc1cc(C#N)c(C(=O)N=C(N)N)cc1S(C)(=O)=O. The molecule has 1 rings (SSSR count). The average molecular weight is 280 g/mol. The van der Waals surface area contributed by atoms with Gasteiger partial charge in [-0.05, 0) is 24.6 Å². The van der Waals surface area contributed by atoms with E-state index in [1.807, 2.05) is 0 Å². The Morgan fingerprint density at radius 2 is 1.95 bits per heavy atom. The van der Waals surface area contributed by atoms with Gasteiger partial charge in [0.05, 0.1) is 22.1 Å². The smallest absolute Gasteiger partial charge is 0.281 e. The lowest BCUT2D eigenvalue weighted by molar-refractivity contribution is 0.100. The first-order valence-electron chi connectivity index (χ1n) is 5.05. The van der Waals surface area contributed by atoms with Crippen molar-refractivity contribution in [2.45, 2.75) is 11.8 Å². The van der Waals surface area contributed by atoms with Gasteiger partial charge in [-0.1, -0.05) is 0 Å². The van der Waals surface area contributed by atoms with Crippen LogP contribution in [0.1, 0.15) is 21.5 Å². The van der Waals surface area contributed by atoms with Crippen molar-refractivity contribution in [3.63, 3.8) is 0 Å². The second-order valence-electron chi connectivity index (χ2n) is 3.89. The molecule has 19 heavy (non-hydrogen) atoms. The summed E-state index contributed by atoms with van der Waals surface area (Å²) >= 11 is 0. The van der Waals surface area contributed by atoms with E-state index in [9.17, 15) is 13.2 Å². The molecule has 0 spiro atoms. The molecular formula is C11H12N4O3S. The zero-order valence-electron chi connectivity index (χ0n) is 10.3. The van der Waals surface area contributed by atoms with Crippen molar-refractivity contribution in [1.82, 2.24) is 0 Å². The second-order valence-corrected chi connectivity index (χ2v) is 5.87. The van der Waals surface area contributed by atoms with Crippen LogP contribution in [0.2, 0.25) is 0 Å². The lowest BCUT2D eigenvalue weighted by atomic mass is 10.0. The third-order valence-corrected chi connectivity index (χ3v) is 3.53. The molecule has 1 amide bonds. The first kappa shape index (κ1) is 14.7. The van der Waals surface area contributed by atoms with E-state index >= 15 is 0 Å². The molecule has 0 bridgehead atoms. The number of sulfone groups is 1. The van der Waals surface area contributed by atoms with Gasteiger partial charge in [-0.15, -0.1) is 0 Å². The van der Waals surface area contributed by atoms with Crippen LogP contribution in [-0.2, 0) is 9.84 Å². The number of nitrogens with two attached hydrogens (primary N) is 2. The monoisotopic (exact) mass is 280 g/mol. The summed E-state index contributed by atoms with van der Waals surface area (Å²) in [7, 11) is -3.52. The zero-order valence-corrected chi connectivity index (χ0v) is 11.2. The van der Waals surface area contributed by atoms with Crippen molar-refractivity contribution < 1.29 is 13.2 Å². The van der Waals surface area contributed by atoms with Crippen molar-refractivity contribution in [2.75, 3.05) is 6.26 Å². The molecule has 0 aliphatic rings. The molecule has 4 N–H and O–H groups in total. The van der Waals surface area contributed by atoms with Gasteiger partial charge in [-0.25, -0.2) is 8.42 Å². The zero-order chi connectivity index (χ0) is 14.8. The van der Waals surface area contributed by atoms with Crippen LogP contribution in [0.3, 0.4) is 0 Å². The molecule has 1 aromatic rings. The highest BCUT2D eigenvalue weighted by molar-refractivity contribution is 7.90. The third kappa shape index (κ3) is 3.29. The van der Waals surface area contributed by atoms with Crippen LogP contribution in [0, 0.1) is 18.3 Å². The Morgan fingerprint density at radius 3 is 2.37 bits per heavy atom. The molecule has 0 aromatic heterocycles. The maximum absolute atomic E-state index is 11.7. The van der Waals surface area contributed by atoms with E-state index in [0.29, 0.717) is 5.56 Å². The molecule has 8 heteroatoms. The second kappa shape index (κ2) is 5.07. The molecule has 0 aliphatic heterocycles. The fourth-order valence-corrected chi connectivity index (χ4v) is 2.51. The minimum absolute atomic E-state index is 0.0138. The van der Waals surface area contributed by atoms with Gasteiger partial charge in [-0.2, -0.15) is 10.3 Å². The third-order valence-electron chi connectivity index (χ3n) is 2.30. The molecule has 0 heterocycles. The van der Waals surface area contributed by atoms with E-state index in [0.717, 1.165) is 12.3 Å². The topological polar surface area (TPSA) is 139 Å². The Morgan fingerprint density at radius 1 is 1.37 bits per heavy atom. The normalized spacial score (nSPS) is 10.6. The molecule has 100 valence electrons. The number of guanidine groups is 1. The quantitative estimate of drug-likeness (QED) is 0.562. The van der Waals surface area contributed by atoms with E-state index in [4.69, 9.17) is 16.7 Å². The number of nitrogens with zero attached hydrogens (tertiary/aromatic N) is 2. The van der Waals surface area contributed by atoms with Crippen LogP contribution in [0.4, 0.5) is 0 Å². The number of rotatable bonds is 2. The number of nitriles is 1. The van der Waals surface area contributed by atoms with Crippen LogP contribution in [0.15, 0.2) is 22.0 Å². The Kier molecular flexibility index (Phi) is 3.92. The Bertz CT molecular complexity index is 710. The van der Waals surface area contributed by atoms with Gasteiger partial charge < -0.3 is 11.5 Å². The van der Waals surface area contributed by atoms with E-state index in [2.05, 4.69) is 4.99 Å². The highest BCUT2D eigenvalue weighted by Gasteiger charge is 2.18. The Labute approximate surface area is 110 Å². The number of hydrogen-bond donors (Lipinski definition) is 2. The van der Waals surface area contributed by atoms with Crippen LogP contribution in [0.25, 0.3) is 0 Å². The predicted molar refractivity (Wildman–Crippen MR) is 69.1 cm³/mol. The number of aryl methyl sites for hydroxylation is 1. The lowest BCUT2D eigenvalue weighted by Crippen LogP contribution is -2.24. The van der Waals surface area contributed by atoms with Gasteiger partial charge >= 0.3 is 0 Å². The number of hydrogen-bond acceptors (Lipinski definition) is 4. The van der Waals surface area contributed by atoms with Crippen LogP contribution in [0.5, 0.6) is 0 Å². The van der Waals surface area contributed by atoms with Crippen molar-refractivity contribution in [3.05, 3.63) is 28.8 Å². The summed E-state index contributed by atoms with van der Waals surface area (Å²) in [6.45, 7) is 1.53. The van der Waals surface area contributed by atoms with Gasteiger partial charge in [0.2, 0.25) is 0 Å². The van der Waals surface area contributed by atoms with Crippen molar-refractivity contribution in [1.29, 1.82) is 5.26 Å². The predicted octanol–water partition coefficient (Wildman–Crippen LogP) is -0.316. The maximum atomic E-state index is 11.7. The fraction of sp³-hybridized carbons (Fsp3) is 0.182. The van der Waals surface area contributed by atoms with E-state index in [-0.39, 0.29) is 16.0 Å². The molecule has 0 unspecified atom stereocenters. The van der Waals surface area contributed by atoms with E-state index in [1.54, 1.807) is 6.07 Å². The van der Waals surface area contributed by atoms with Gasteiger partial charge in [0, 0.05) is 6.26 Å². The van der Waals surface area contributed by atoms with Gasteiger partial charge in [0.1, 0.15) is 0 Å². The first-order valence-corrected chi connectivity index (χ1v) is 6.94. The molecule has 0 aliphatic carbocycles. The van der Waals surface area contributed by atoms with Crippen LogP contribution in [-0.4, -0.2) is 26.5 Å². The standard InChI is InChI=1S/C11H12N4O3S/c1-6-3-7(5-12)8(10(16)15-11(13)14)4-9(6)19(2,17)18/h3-4H,1-2H3,(H4,13,14,15,16). The van der Waals surface area contributed by atoms with Crippen LogP contribution >= 0.6 is 0 Å². The largest absolute Gasteiger partial charge is 0.370 e. The van der Waals surface area contributed by atoms with E-state index in [1.165, 1.54) is 13.0 Å². The summed E-state index contributed by atoms with van der Waals surface area (Å²) < 4.78 is 23.1. The van der Waals surface area contributed by atoms with Crippen molar-refractivity contribution in [3.8, 4) is 6.07 Å². The summed E-state index contributed by atoms with van der Waals surface area (Å²) in [6, 6.07) is 4.22. The van der Waals surface area contributed by atoms with Gasteiger partial charge in [-0.3, -0.25) is 4.79 Å². The Balaban J connectivity index is 3.61. The van der Waals surface area contributed by atoms with Gasteiger partial charge in [0.25, 0.3) is 5.91 Å². The molecule has 0 fully saturated rings. The molecule has 0 radical (unpaired) electrons. The summed E-state index contributed by atoms with van der Waals surface area (Å²) in [5.74, 6) is -1.32. The van der Waals surface area contributed by atoms with Crippen LogP contribution < -0.4 is 11.5 Å². The number of carbonyl (C=O) groups excluding carboxylic acids is 1. The first-order chi connectivity index (χ1) is 8.66. The molecule has 0 atom stereocenters. The number of amides is 1. The minimum Gasteiger partial charge on any atom is -0.370 e. The Hall–Kier alpha value is -2.40. The highest BCUT2D eigenvalue weighted by Crippen LogP contribution is 2.21. The number of carbonyl (C=O) groups is 1. The van der Waals surface area contributed by atoms with Crippen molar-refractivity contribution >= 4 is 21.7 Å². The average Bonchev–Trinajstić information content (AvgIpc) is 2.25. The number of benzene rings is 1. The lowest BCUT2D eigenvalue weighted by Gasteiger charge is -2.07. The molecule has 1 aromatic carbocycles. The fourth-order valence-electron chi connectivity index (χ4n) is 1.53. The van der Waals surface area contributed by atoms with Gasteiger partial charge in [0.15, 0.2) is 15.8 Å². The summed E-state index contributed by atoms with van der Waals surface area (Å²) in [5, 5.41) is 8.96. The molecule has 7 nitrogen and oxygen atoms in total. The molecule has 0 saturated carbocycles. The molecular weight excluding hydrogens is 268 g/mol. The highest BCUT2D eigenvalue weighted by atomic mass is 32.2. The molecule has 0 saturated heterocycles. The van der Waals surface area contributed by atoms with E-state index < -0.39 is 21.7 Å². The number of aliphatic imine (C=N–C) groups is 1. The van der Waals surface area contributed by atoms with Crippen molar-refractivity contribution in [2.24, 2.45) is 16.5 Å². The summed E-state index contributed by atoms with van der Waals surface area (Å²) in [5.41, 5.74) is 10.4. The summed E-state index contributed by atoms with van der Waals surface area (Å²) in [6.07, 6.45) is 1.01. The maximum Gasteiger partial charge on any atom is 0.281 e. The minimum atomic E-state index is -3.52. The summed E-state index contributed by atoms with van der Waals surface area (Å²) in [4.78, 5) is 15.0.